The highest BCUT2D eigenvalue weighted by Gasteiger charge is 2.26. The van der Waals surface area contributed by atoms with Gasteiger partial charge in [-0.05, 0) is 20.8 Å². The van der Waals surface area contributed by atoms with E-state index < -0.39 is 5.60 Å². The molecule has 4 nitrogen and oxygen atoms in total. The lowest BCUT2D eigenvalue weighted by Gasteiger charge is -2.24. The van der Waals surface area contributed by atoms with Crippen LogP contribution in [0.25, 0.3) is 0 Å². The fourth-order valence-electron chi connectivity index (χ4n) is 0.914. The van der Waals surface area contributed by atoms with E-state index in [1.807, 2.05) is 6.92 Å². The minimum Gasteiger partial charge on any atom is -0.381 e. The molecule has 0 saturated heterocycles. The molecule has 0 fully saturated rings. The maximum absolute atomic E-state index is 11.4. The van der Waals surface area contributed by atoms with Crippen molar-refractivity contribution in [1.82, 2.24) is 4.90 Å². The Kier molecular flexibility index (Phi) is 4.95. The number of aliphatic hydroxyl groups is 1. The molecule has 4 heteroatoms. The fraction of sp³-hybridized carbons (Fsp3) is 0.889. The first-order chi connectivity index (χ1) is 5.89. The van der Waals surface area contributed by atoms with Crippen LogP contribution in [0, 0.1) is 0 Å². The second-order valence-electron chi connectivity index (χ2n) is 3.48. The SMILES string of the molecule is CCOCCN(C)C(=O)C(C)(C)O. The minimum atomic E-state index is -1.29. The van der Waals surface area contributed by atoms with Crippen LogP contribution < -0.4 is 0 Å². The van der Waals surface area contributed by atoms with E-state index in [1.165, 1.54) is 18.7 Å². The molecule has 0 aliphatic heterocycles. The molecule has 1 N–H and O–H groups in total. The van der Waals surface area contributed by atoms with Gasteiger partial charge in [0.1, 0.15) is 5.60 Å². The average molecular weight is 189 g/mol. The summed E-state index contributed by atoms with van der Waals surface area (Å²) in [6, 6.07) is 0. The van der Waals surface area contributed by atoms with Crippen LogP contribution in [0.3, 0.4) is 0 Å². The van der Waals surface area contributed by atoms with Crippen molar-refractivity contribution in [2.45, 2.75) is 26.4 Å². The van der Waals surface area contributed by atoms with Crippen LogP contribution in [-0.4, -0.2) is 48.3 Å². The smallest absolute Gasteiger partial charge is 0.253 e. The Labute approximate surface area is 79.5 Å². The first kappa shape index (κ1) is 12.4. The van der Waals surface area contributed by atoms with Crippen LogP contribution in [0.5, 0.6) is 0 Å². The number of hydrogen-bond donors (Lipinski definition) is 1. The molecule has 0 radical (unpaired) electrons. The number of hydrogen-bond acceptors (Lipinski definition) is 3. The third kappa shape index (κ3) is 4.85. The van der Waals surface area contributed by atoms with Crippen molar-refractivity contribution in [3.8, 4) is 0 Å². The molecule has 0 aromatic rings. The molecule has 0 heterocycles. The molecular weight excluding hydrogens is 170 g/mol. The van der Waals surface area contributed by atoms with E-state index in [4.69, 9.17) is 4.74 Å². The van der Waals surface area contributed by atoms with Crippen LogP contribution in [0.2, 0.25) is 0 Å². The minimum absolute atomic E-state index is 0.285. The van der Waals surface area contributed by atoms with Gasteiger partial charge in [0.05, 0.1) is 6.61 Å². The van der Waals surface area contributed by atoms with Gasteiger partial charge in [0.2, 0.25) is 0 Å². The summed E-state index contributed by atoms with van der Waals surface area (Å²) in [7, 11) is 1.65. The first-order valence-corrected chi connectivity index (χ1v) is 4.45. The Morgan fingerprint density at radius 3 is 2.46 bits per heavy atom. The Hall–Kier alpha value is -0.610. The lowest BCUT2D eigenvalue weighted by atomic mass is 10.1. The standard InChI is InChI=1S/C9H19NO3/c1-5-13-7-6-10(4)8(11)9(2,3)12/h12H,5-7H2,1-4H3. The average Bonchev–Trinajstić information content (AvgIpc) is 2.01. The molecule has 78 valence electrons. The van der Waals surface area contributed by atoms with Crippen molar-refractivity contribution < 1.29 is 14.6 Å². The molecule has 13 heavy (non-hydrogen) atoms. The topological polar surface area (TPSA) is 49.8 Å². The highest BCUT2D eigenvalue weighted by Crippen LogP contribution is 2.05. The van der Waals surface area contributed by atoms with Crippen molar-refractivity contribution in [1.29, 1.82) is 0 Å². The van der Waals surface area contributed by atoms with Gasteiger partial charge < -0.3 is 14.7 Å². The van der Waals surface area contributed by atoms with Gasteiger partial charge in [-0.2, -0.15) is 0 Å². The molecule has 0 aromatic heterocycles. The molecular formula is C9H19NO3. The van der Waals surface area contributed by atoms with Crippen molar-refractivity contribution in [3.05, 3.63) is 0 Å². The summed E-state index contributed by atoms with van der Waals surface area (Å²) in [4.78, 5) is 12.8. The Morgan fingerprint density at radius 1 is 1.54 bits per heavy atom. The van der Waals surface area contributed by atoms with Crippen molar-refractivity contribution >= 4 is 5.91 Å². The molecule has 0 aliphatic carbocycles. The summed E-state index contributed by atoms with van der Waals surface area (Å²) in [6.45, 7) is 6.52. The van der Waals surface area contributed by atoms with E-state index in [9.17, 15) is 9.90 Å². The molecule has 0 unspecified atom stereocenters. The number of likely N-dealkylation sites (N-methyl/N-ethyl adjacent to an activating group) is 1. The monoisotopic (exact) mass is 189 g/mol. The van der Waals surface area contributed by atoms with Gasteiger partial charge in [-0.25, -0.2) is 0 Å². The summed E-state index contributed by atoms with van der Waals surface area (Å²) >= 11 is 0. The van der Waals surface area contributed by atoms with Gasteiger partial charge in [0.25, 0.3) is 5.91 Å². The van der Waals surface area contributed by atoms with Crippen LogP contribution in [0.15, 0.2) is 0 Å². The number of nitrogens with zero attached hydrogens (tertiary/aromatic N) is 1. The van der Waals surface area contributed by atoms with E-state index in [0.29, 0.717) is 19.8 Å². The van der Waals surface area contributed by atoms with Gasteiger partial charge >= 0.3 is 0 Å². The molecule has 0 saturated carbocycles. The van der Waals surface area contributed by atoms with Gasteiger partial charge in [0, 0.05) is 20.2 Å². The number of ether oxygens (including phenoxy) is 1. The maximum Gasteiger partial charge on any atom is 0.253 e. The summed E-state index contributed by atoms with van der Waals surface area (Å²) in [5.41, 5.74) is -1.29. The van der Waals surface area contributed by atoms with Gasteiger partial charge in [-0.3, -0.25) is 4.79 Å². The van der Waals surface area contributed by atoms with E-state index >= 15 is 0 Å². The Balaban J connectivity index is 3.84. The fourth-order valence-corrected chi connectivity index (χ4v) is 0.914. The third-order valence-electron chi connectivity index (χ3n) is 1.65. The second kappa shape index (κ2) is 5.19. The summed E-state index contributed by atoms with van der Waals surface area (Å²) < 4.78 is 5.09. The first-order valence-electron chi connectivity index (χ1n) is 4.45. The van der Waals surface area contributed by atoms with E-state index in [1.54, 1.807) is 7.05 Å². The van der Waals surface area contributed by atoms with Gasteiger partial charge in [-0.1, -0.05) is 0 Å². The highest BCUT2D eigenvalue weighted by atomic mass is 16.5. The van der Waals surface area contributed by atoms with Crippen LogP contribution in [-0.2, 0) is 9.53 Å². The molecule has 0 aromatic carbocycles. The number of carbonyl (C=O) groups excluding carboxylic acids is 1. The molecule has 0 rings (SSSR count). The van der Waals surface area contributed by atoms with Crippen LogP contribution in [0.4, 0.5) is 0 Å². The molecule has 0 spiro atoms. The van der Waals surface area contributed by atoms with Crippen molar-refractivity contribution in [2.75, 3.05) is 26.8 Å². The zero-order valence-corrected chi connectivity index (χ0v) is 8.83. The third-order valence-corrected chi connectivity index (χ3v) is 1.65. The summed E-state index contributed by atoms with van der Waals surface area (Å²) in [5.74, 6) is -0.285. The largest absolute Gasteiger partial charge is 0.381 e. The molecule has 0 bridgehead atoms. The zero-order valence-electron chi connectivity index (χ0n) is 8.83. The number of amides is 1. The van der Waals surface area contributed by atoms with E-state index in [2.05, 4.69) is 0 Å². The lowest BCUT2D eigenvalue weighted by molar-refractivity contribution is -0.147. The van der Waals surface area contributed by atoms with E-state index in [-0.39, 0.29) is 5.91 Å². The zero-order chi connectivity index (χ0) is 10.5. The number of rotatable bonds is 5. The predicted octanol–water partition coefficient (Wildman–Crippen LogP) is 0.252. The van der Waals surface area contributed by atoms with Gasteiger partial charge in [0.15, 0.2) is 0 Å². The Morgan fingerprint density at radius 2 is 2.08 bits per heavy atom. The van der Waals surface area contributed by atoms with Crippen molar-refractivity contribution in [3.63, 3.8) is 0 Å². The number of carbonyl (C=O) groups is 1. The van der Waals surface area contributed by atoms with Gasteiger partial charge in [-0.15, -0.1) is 0 Å². The molecule has 0 aliphatic rings. The predicted molar refractivity (Wildman–Crippen MR) is 50.4 cm³/mol. The quantitative estimate of drug-likeness (QED) is 0.631. The lowest BCUT2D eigenvalue weighted by Crippen LogP contribution is -2.44. The Bertz CT molecular complexity index is 163. The van der Waals surface area contributed by atoms with E-state index in [0.717, 1.165) is 0 Å². The van der Waals surface area contributed by atoms with Crippen molar-refractivity contribution in [2.24, 2.45) is 0 Å². The summed E-state index contributed by atoms with van der Waals surface area (Å²) in [5, 5.41) is 9.38. The highest BCUT2D eigenvalue weighted by molar-refractivity contribution is 5.83. The maximum atomic E-state index is 11.4. The van der Waals surface area contributed by atoms with Crippen LogP contribution >= 0.6 is 0 Å². The molecule has 1 amide bonds. The normalized spacial score (nSPS) is 11.5. The molecule has 0 atom stereocenters. The summed E-state index contributed by atoms with van der Waals surface area (Å²) in [6.07, 6.45) is 0. The second-order valence-corrected chi connectivity index (χ2v) is 3.48. The van der Waals surface area contributed by atoms with Crippen LogP contribution in [0.1, 0.15) is 20.8 Å².